The minimum absolute atomic E-state index is 0.253. The average Bonchev–Trinajstić information content (AvgIpc) is 2.90. The largest absolute Gasteiger partial charge is 0.504 e. The zero-order valence-corrected chi connectivity index (χ0v) is 23.2. The molecule has 1 atom stereocenters. The van der Waals surface area contributed by atoms with Gasteiger partial charge in [-0.25, -0.2) is 4.79 Å². The first-order valence-electron chi connectivity index (χ1n) is 13.8. The number of para-hydroxylation sites is 1. The monoisotopic (exact) mass is 530 g/mol. The number of benzene rings is 2. The van der Waals surface area contributed by atoms with Crippen molar-refractivity contribution in [1.82, 2.24) is 4.90 Å². The first-order valence-corrected chi connectivity index (χ1v) is 16.0. The molecule has 0 saturated carbocycles. The quantitative estimate of drug-likeness (QED) is 0.132. The van der Waals surface area contributed by atoms with Gasteiger partial charge in [-0.3, -0.25) is 4.90 Å². The molecular formula is C29H43N2O5P. The van der Waals surface area contributed by atoms with E-state index in [1.54, 1.807) is 15.9 Å². The highest BCUT2D eigenvalue weighted by Crippen LogP contribution is 2.50. The normalized spacial score (nSPS) is 16.4. The summed E-state index contributed by atoms with van der Waals surface area (Å²) in [5, 5.41) is 30.6. The number of hydrogen-bond donors (Lipinski definition) is 3. The van der Waals surface area contributed by atoms with Crippen molar-refractivity contribution in [2.45, 2.75) is 77.7 Å². The van der Waals surface area contributed by atoms with E-state index in [0.29, 0.717) is 36.5 Å². The Bertz CT molecular complexity index is 1050. The van der Waals surface area contributed by atoms with Gasteiger partial charge in [-0.15, -0.1) is 0 Å². The summed E-state index contributed by atoms with van der Waals surface area (Å²) >= 11 is 0. The van der Waals surface area contributed by atoms with E-state index in [9.17, 15) is 24.7 Å². The minimum Gasteiger partial charge on any atom is -0.504 e. The van der Waals surface area contributed by atoms with Crippen LogP contribution in [0, 0.1) is 0 Å². The third-order valence-corrected chi connectivity index (χ3v) is 10.4. The van der Waals surface area contributed by atoms with Crippen molar-refractivity contribution in [3.8, 4) is 17.2 Å². The molecular weight excluding hydrogens is 487 g/mol. The van der Waals surface area contributed by atoms with Gasteiger partial charge in [0.1, 0.15) is 7.14 Å². The SMILES string of the molecule is CCCCCCP(=O)(CCCCCC)CN1CCC(c2ccc(O)c(O)c2O)N(c2ccccc2)C1=O. The Labute approximate surface area is 221 Å². The summed E-state index contributed by atoms with van der Waals surface area (Å²) in [6, 6.07) is 11.3. The number of aromatic hydroxyl groups is 3. The van der Waals surface area contributed by atoms with E-state index in [1.807, 2.05) is 30.3 Å². The Morgan fingerprint density at radius 2 is 1.46 bits per heavy atom. The first-order chi connectivity index (χ1) is 17.8. The number of anilines is 1. The molecule has 1 saturated heterocycles. The molecule has 0 spiro atoms. The van der Waals surface area contributed by atoms with Crippen LogP contribution in [-0.4, -0.2) is 51.4 Å². The number of hydrogen-bond acceptors (Lipinski definition) is 5. The number of carbonyl (C=O) groups is 1. The van der Waals surface area contributed by atoms with Crippen LogP contribution in [0.3, 0.4) is 0 Å². The number of nitrogens with zero attached hydrogens (tertiary/aromatic N) is 2. The fourth-order valence-electron chi connectivity index (χ4n) is 5.16. The van der Waals surface area contributed by atoms with Gasteiger partial charge in [-0.05, 0) is 43.5 Å². The summed E-state index contributed by atoms with van der Waals surface area (Å²) in [7, 11) is -2.58. The number of unbranched alkanes of at least 4 members (excludes halogenated alkanes) is 6. The summed E-state index contributed by atoms with van der Waals surface area (Å²) < 4.78 is 14.2. The molecule has 3 rings (SSSR count). The maximum absolute atomic E-state index is 14.2. The fourth-order valence-corrected chi connectivity index (χ4v) is 8.16. The summed E-state index contributed by atoms with van der Waals surface area (Å²) in [4.78, 5) is 17.3. The van der Waals surface area contributed by atoms with Crippen molar-refractivity contribution in [2.75, 3.05) is 30.1 Å². The zero-order valence-electron chi connectivity index (χ0n) is 22.3. The molecule has 1 fully saturated rings. The molecule has 0 aromatic heterocycles. The molecule has 1 aliphatic rings. The van der Waals surface area contributed by atoms with Gasteiger partial charge in [-0.1, -0.05) is 70.6 Å². The molecule has 1 aliphatic heterocycles. The lowest BCUT2D eigenvalue weighted by atomic mass is 9.97. The minimum atomic E-state index is -2.58. The van der Waals surface area contributed by atoms with Gasteiger partial charge in [0.25, 0.3) is 0 Å². The van der Waals surface area contributed by atoms with Gasteiger partial charge < -0.3 is 24.8 Å². The number of carbonyl (C=O) groups excluding carboxylic acids is 1. The predicted octanol–water partition coefficient (Wildman–Crippen LogP) is 7.66. The van der Waals surface area contributed by atoms with Crippen LogP contribution in [0.2, 0.25) is 0 Å². The molecule has 0 radical (unpaired) electrons. The third-order valence-electron chi connectivity index (χ3n) is 7.28. The summed E-state index contributed by atoms with van der Waals surface area (Å²) in [6.45, 7) is 4.73. The molecule has 2 aromatic carbocycles. The highest BCUT2D eigenvalue weighted by molar-refractivity contribution is 7.63. The van der Waals surface area contributed by atoms with Gasteiger partial charge in [0, 0.05) is 30.1 Å². The molecule has 204 valence electrons. The number of urea groups is 1. The number of phenols is 3. The molecule has 2 aromatic rings. The van der Waals surface area contributed by atoms with Gasteiger partial charge >= 0.3 is 6.03 Å². The Hall–Kier alpha value is -2.66. The second kappa shape index (κ2) is 13.8. The van der Waals surface area contributed by atoms with E-state index in [1.165, 1.54) is 6.07 Å². The topological polar surface area (TPSA) is 101 Å². The molecule has 7 nitrogen and oxygen atoms in total. The smallest absolute Gasteiger partial charge is 0.325 e. The van der Waals surface area contributed by atoms with Crippen LogP contribution in [0.1, 0.15) is 83.2 Å². The average molecular weight is 531 g/mol. The lowest BCUT2D eigenvalue weighted by Gasteiger charge is -2.43. The molecule has 0 bridgehead atoms. The van der Waals surface area contributed by atoms with Crippen LogP contribution in [0.15, 0.2) is 42.5 Å². The lowest BCUT2D eigenvalue weighted by molar-refractivity contribution is 0.194. The van der Waals surface area contributed by atoms with Crippen LogP contribution in [0.4, 0.5) is 10.5 Å². The lowest BCUT2D eigenvalue weighted by Crippen LogP contribution is -2.51. The molecule has 1 heterocycles. The first kappa shape index (κ1) is 28.9. The van der Waals surface area contributed by atoms with Crippen LogP contribution >= 0.6 is 7.14 Å². The molecule has 3 N–H and O–H groups in total. The van der Waals surface area contributed by atoms with Crippen molar-refractivity contribution >= 4 is 18.9 Å². The van der Waals surface area contributed by atoms with Crippen LogP contribution in [0.25, 0.3) is 0 Å². The summed E-state index contributed by atoms with van der Waals surface area (Å²) in [5.74, 6) is -1.43. The summed E-state index contributed by atoms with van der Waals surface area (Å²) in [6.07, 6.45) is 10.6. The standard InChI is InChI=1S/C29H43N2O5P/c1-3-5-7-12-20-37(36,21-13-8-6-4-2)22-30-19-18-25(24-16-17-26(32)28(34)27(24)33)31(29(30)35)23-14-10-9-11-15-23/h9-11,14-17,25,32-34H,3-8,12-13,18-22H2,1-2H3. The highest BCUT2D eigenvalue weighted by atomic mass is 31.2. The van der Waals surface area contributed by atoms with E-state index < -0.39 is 30.4 Å². The van der Waals surface area contributed by atoms with E-state index in [4.69, 9.17) is 0 Å². The predicted molar refractivity (Wildman–Crippen MR) is 150 cm³/mol. The van der Waals surface area contributed by atoms with E-state index in [-0.39, 0.29) is 12.3 Å². The van der Waals surface area contributed by atoms with Crippen LogP contribution < -0.4 is 4.90 Å². The number of phenolic OH excluding ortho intramolecular Hbond substituents is 3. The second-order valence-corrected chi connectivity index (χ2v) is 13.5. The van der Waals surface area contributed by atoms with Crippen molar-refractivity contribution < 1.29 is 24.7 Å². The van der Waals surface area contributed by atoms with Crippen LogP contribution in [-0.2, 0) is 4.57 Å². The van der Waals surface area contributed by atoms with E-state index in [0.717, 1.165) is 51.4 Å². The van der Waals surface area contributed by atoms with E-state index in [2.05, 4.69) is 13.8 Å². The third kappa shape index (κ3) is 7.44. The number of amides is 2. The van der Waals surface area contributed by atoms with Crippen LogP contribution in [0.5, 0.6) is 17.2 Å². The Morgan fingerprint density at radius 1 is 0.838 bits per heavy atom. The maximum atomic E-state index is 14.2. The van der Waals surface area contributed by atoms with Crippen molar-refractivity contribution in [1.29, 1.82) is 0 Å². The Morgan fingerprint density at radius 3 is 2.05 bits per heavy atom. The Kier molecular flexibility index (Phi) is 10.7. The molecule has 1 unspecified atom stereocenters. The van der Waals surface area contributed by atoms with Gasteiger partial charge in [-0.2, -0.15) is 0 Å². The van der Waals surface area contributed by atoms with Crippen molar-refractivity contribution in [2.24, 2.45) is 0 Å². The molecule has 8 heteroatoms. The molecule has 0 aliphatic carbocycles. The Balaban J connectivity index is 1.87. The van der Waals surface area contributed by atoms with Crippen molar-refractivity contribution in [3.05, 3.63) is 48.0 Å². The molecule has 37 heavy (non-hydrogen) atoms. The van der Waals surface area contributed by atoms with Gasteiger partial charge in [0.05, 0.1) is 12.3 Å². The van der Waals surface area contributed by atoms with Gasteiger partial charge in [0.15, 0.2) is 11.5 Å². The highest BCUT2D eigenvalue weighted by Gasteiger charge is 2.39. The zero-order chi connectivity index (χ0) is 26.8. The number of rotatable bonds is 14. The molecule has 2 amide bonds. The maximum Gasteiger partial charge on any atom is 0.325 e. The van der Waals surface area contributed by atoms with E-state index >= 15 is 0 Å². The van der Waals surface area contributed by atoms with Gasteiger partial charge in [0.2, 0.25) is 5.75 Å². The second-order valence-electron chi connectivity index (χ2n) is 10.2. The van der Waals surface area contributed by atoms with Crippen molar-refractivity contribution in [3.63, 3.8) is 0 Å². The fraction of sp³-hybridized carbons (Fsp3) is 0.552. The summed E-state index contributed by atoms with van der Waals surface area (Å²) in [5.41, 5.74) is 1.03.